The maximum Gasteiger partial charge on any atom is 0.338 e. The third kappa shape index (κ3) is 3.35. The zero-order valence-electron chi connectivity index (χ0n) is 12.8. The van der Waals surface area contributed by atoms with E-state index in [4.69, 9.17) is 28.3 Å². The van der Waals surface area contributed by atoms with Crippen LogP contribution in [0.25, 0.3) is 0 Å². The molecule has 1 atom stereocenters. The average molecular weight is 368 g/mol. The maximum absolute atomic E-state index is 14.5. The van der Waals surface area contributed by atoms with Crippen LogP contribution < -0.4 is 4.90 Å². The molecule has 1 aliphatic rings. The molecule has 0 radical (unpaired) electrons. The smallest absolute Gasteiger partial charge is 0.338 e. The van der Waals surface area contributed by atoms with Crippen molar-refractivity contribution in [3.8, 4) is 0 Å². The fraction of sp³-hybridized carbons (Fsp3) is 0.278. The molecule has 3 nitrogen and oxygen atoms in total. The van der Waals surface area contributed by atoms with E-state index in [0.29, 0.717) is 22.2 Å². The van der Waals surface area contributed by atoms with E-state index in [2.05, 4.69) is 4.90 Å². The summed E-state index contributed by atoms with van der Waals surface area (Å²) in [5.41, 5.74) is 1.11. The quantitative estimate of drug-likeness (QED) is 0.808. The van der Waals surface area contributed by atoms with Gasteiger partial charge in [0.1, 0.15) is 5.82 Å². The Balaban J connectivity index is 1.87. The van der Waals surface area contributed by atoms with E-state index < -0.39 is 11.8 Å². The van der Waals surface area contributed by atoms with Crippen molar-refractivity contribution in [1.29, 1.82) is 0 Å². The highest BCUT2D eigenvalue weighted by Crippen LogP contribution is 2.34. The van der Waals surface area contributed by atoms with Gasteiger partial charge in [0.2, 0.25) is 0 Å². The third-order valence-corrected chi connectivity index (χ3v) is 5.13. The van der Waals surface area contributed by atoms with E-state index in [-0.39, 0.29) is 11.5 Å². The van der Waals surface area contributed by atoms with Gasteiger partial charge in [-0.3, -0.25) is 0 Å². The van der Waals surface area contributed by atoms with Gasteiger partial charge < -0.3 is 10.0 Å². The molecular weight excluding hydrogens is 352 g/mol. The largest absolute Gasteiger partial charge is 0.478 e. The van der Waals surface area contributed by atoms with Crippen molar-refractivity contribution in [3.05, 3.63) is 63.4 Å². The Morgan fingerprint density at radius 1 is 1.21 bits per heavy atom. The molecule has 0 aromatic heterocycles. The molecule has 2 aromatic carbocycles. The van der Waals surface area contributed by atoms with Crippen molar-refractivity contribution in [1.82, 2.24) is 0 Å². The highest BCUT2D eigenvalue weighted by atomic mass is 35.5. The predicted molar refractivity (Wildman–Crippen MR) is 94.0 cm³/mol. The summed E-state index contributed by atoms with van der Waals surface area (Å²) in [5.74, 6) is -1.94. The van der Waals surface area contributed by atoms with Crippen LogP contribution in [-0.4, -0.2) is 24.2 Å². The SMILES string of the molecule is O=C(O)c1cccc(C2CCCN(c3ccc(Cl)c(Cl)c3)C2)c1F. The van der Waals surface area contributed by atoms with Crippen molar-refractivity contribution in [2.24, 2.45) is 0 Å². The van der Waals surface area contributed by atoms with Gasteiger partial charge in [-0.05, 0) is 42.7 Å². The lowest BCUT2D eigenvalue weighted by atomic mass is 9.89. The van der Waals surface area contributed by atoms with Crippen molar-refractivity contribution in [2.45, 2.75) is 18.8 Å². The number of hydrogen-bond donors (Lipinski definition) is 1. The van der Waals surface area contributed by atoms with Gasteiger partial charge in [0, 0.05) is 24.7 Å². The Morgan fingerprint density at radius 3 is 2.71 bits per heavy atom. The Bertz CT molecular complexity index is 782. The van der Waals surface area contributed by atoms with Crippen LogP contribution in [-0.2, 0) is 0 Å². The lowest BCUT2D eigenvalue weighted by molar-refractivity contribution is 0.0691. The summed E-state index contributed by atoms with van der Waals surface area (Å²) in [4.78, 5) is 13.3. The standard InChI is InChI=1S/C18H16Cl2FNO2/c19-15-7-6-12(9-16(15)20)22-8-2-3-11(10-22)13-4-1-5-14(17(13)21)18(23)24/h1,4-7,9,11H,2-3,8,10H2,(H,23,24). The highest BCUT2D eigenvalue weighted by Gasteiger charge is 2.26. The number of anilines is 1. The number of halogens is 3. The minimum absolute atomic E-state index is 0.0625. The molecule has 0 amide bonds. The van der Waals surface area contributed by atoms with Gasteiger partial charge in [0.25, 0.3) is 0 Å². The summed E-state index contributed by atoms with van der Waals surface area (Å²) in [7, 11) is 0. The van der Waals surface area contributed by atoms with Crippen LogP contribution >= 0.6 is 23.2 Å². The normalized spacial score (nSPS) is 17.8. The number of nitrogens with zero attached hydrogens (tertiary/aromatic N) is 1. The van der Waals surface area contributed by atoms with Gasteiger partial charge in [-0.2, -0.15) is 0 Å². The second-order valence-electron chi connectivity index (χ2n) is 5.90. The summed E-state index contributed by atoms with van der Waals surface area (Å²) >= 11 is 12.0. The fourth-order valence-corrected chi connectivity index (χ4v) is 3.47. The second-order valence-corrected chi connectivity index (χ2v) is 6.71. The van der Waals surface area contributed by atoms with E-state index >= 15 is 0 Å². The lowest BCUT2D eigenvalue weighted by Gasteiger charge is -2.35. The van der Waals surface area contributed by atoms with E-state index in [1.54, 1.807) is 24.3 Å². The van der Waals surface area contributed by atoms with Gasteiger partial charge in [-0.15, -0.1) is 0 Å². The molecule has 0 spiro atoms. The summed E-state index contributed by atoms with van der Waals surface area (Å²) in [6.45, 7) is 1.45. The Kier molecular flexibility index (Phi) is 4.97. The second kappa shape index (κ2) is 6.99. The van der Waals surface area contributed by atoms with Crippen molar-refractivity contribution >= 4 is 34.9 Å². The molecule has 6 heteroatoms. The molecule has 126 valence electrons. The maximum atomic E-state index is 14.5. The van der Waals surface area contributed by atoms with Crippen molar-refractivity contribution < 1.29 is 14.3 Å². The highest BCUT2D eigenvalue weighted by molar-refractivity contribution is 6.42. The Morgan fingerprint density at radius 2 is 2.00 bits per heavy atom. The third-order valence-electron chi connectivity index (χ3n) is 4.39. The number of carboxylic acids is 1. The molecule has 1 unspecified atom stereocenters. The van der Waals surface area contributed by atoms with E-state index in [0.717, 1.165) is 25.1 Å². The first-order valence-corrected chi connectivity index (χ1v) is 8.44. The van der Waals surface area contributed by atoms with Gasteiger partial charge >= 0.3 is 5.97 Å². The first-order valence-electron chi connectivity index (χ1n) is 7.69. The van der Waals surface area contributed by atoms with E-state index in [1.807, 2.05) is 6.07 Å². The first kappa shape index (κ1) is 17.1. The number of aromatic carboxylic acids is 1. The summed E-state index contributed by atoms with van der Waals surface area (Å²) in [6, 6.07) is 10.00. The number of carbonyl (C=O) groups is 1. The van der Waals surface area contributed by atoms with Gasteiger partial charge in [0.05, 0.1) is 15.6 Å². The molecule has 1 heterocycles. The topological polar surface area (TPSA) is 40.5 Å². The monoisotopic (exact) mass is 367 g/mol. The minimum atomic E-state index is -1.24. The molecule has 24 heavy (non-hydrogen) atoms. The molecule has 1 N–H and O–H groups in total. The number of benzene rings is 2. The fourth-order valence-electron chi connectivity index (χ4n) is 3.18. The van der Waals surface area contributed by atoms with Crippen LogP contribution in [0.3, 0.4) is 0 Å². The number of carboxylic acid groups (broad SMARTS) is 1. The van der Waals surface area contributed by atoms with Gasteiger partial charge in [-0.25, -0.2) is 9.18 Å². The Labute approximate surface area is 149 Å². The number of piperidine rings is 1. The Hall–Kier alpha value is -1.78. The van der Waals surface area contributed by atoms with Crippen LogP contribution in [0.15, 0.2) is 36.4 Å². The first-order chi connectivity index (χ1) is 11.5. The molecule has 0 aliphatic carbocycles. The van der Waals surface area contributed by atoms with Crippen LogP contribution in [0.5, 0.6) is 0 Å². The molecular formula is C18H16Cl2FNO2. The predicted octanol–water partition coefficient (Wildman–Crippen LogP) is 5.21. The molecule has 2 aromatic rings. The lowest BCUT2D eigenvalue weighted by Crippen LogP contribution is -2.34. The molecule has 3 rings (SSSR count). The summed E-state index contributed by atoms with van der Waals surface area (Å²) in [5, 5.41) is 10.1. The summed E-state index contributed by atoms with van der Waals surface area (Å²) < 4.78 is 14.5. The van der Waals surface area contributed by atoms with Crippen molar-refractivity contribution in [3.63, 3.8) is 0 Å². The zero-order valence-corrected chi connectivity index (χ0v) is 14.3. The van der Waals surface area contributed by atoms with E-state index in [9.17, 15) is 9.18 Å². The van der Waals surface area contributed by atoms with Crippen LogP contribution in [0.1, 0.15) is 34.7 Å². The van der Waals surface area contributed by atoms with E-state index in [1.165, 1.54) is 6.07 Å². The molecule has 1 aliphatic heterocycles. The van der Waals surface area contributed by atoms with Crippen LogP contribution in [0.2, 0.25) is 10.0 Å². The van der Waals surface area contributed by atoms with Gasteiger partial charge in [-0.1, -0.05) is 35.3 Å². The van der Waals surface area contributed by atoms with Crippen LogP contribution in [0, 0.1) is 5.82 Å². The molecule has 1 saturated heterocycles. The minimum Gasteiger partial charge on any atom is -0.478 e. The average Bonchev–Trinajstić information content (AvgIpc) is 2.57. The van der Waals surface area contributed by atoms with Gasteiger partial charge in [0.15, 0.2) is 0 Å². The molecule has 0 saturated carbocycles. The molecule has 1 fully saturated rings. The molecule has 0 bridgehead atoms. The zero-order chi connectivity index (χ0) is 17.3. The van der Waals surface area contributed by atoms with Crippen LogP contribution in [0.4, 0.5) is 10.1 Å². The summed E-state index contributed by atoms with van der Waals surface area (Å²) in [6.07, 6.45) is 1.71. The number of hydrogen-bond acceptors (Lipinski definition) is 2. The van der Waals surface area contributed by atoms with Crippen molar-refractivity contribution in [2.75, 3.05) is 18.0 Å². The number of rotatable bonds is 3.